The molecular weight excluding hydrogens is 262 g/mol. The number of aryl methyl sites for hydroxylation is 2. The van der Waals surface area contributed by atoms with Gasteiger partial charge in [-0.15, -0.1) is 0 Å². The molecule has 1 aliphatic heterocycles. The number of rotatable bonds is 6. The molecule has 1 aromatic carbocycles. The van der Waals surface area contributed by atoms with Crippen molar-refractivity contribution < 1.29 is 9.47 Å². The molecular formula is C18H29NO2. The molecule has 1 aliphatic rings. The zero-order chi connectivity index (χ0) is 15.3. The van der Waals surface area contributed by atoms with Gasteiger partial charge in [-0.25, -0.2) is 0 Å². The Morgan fingerprint density at radius 1 is 1.24 bits per heavy atom. The molecule has 0 bridgehead atoms. The van der Waals surface area contributed by atoms with Crippen LogP contribution in [0.3, 0.4) is 0 Å². The van der Waals surface area contributed by atoms with Gasteiger partial charge in [0.25, 0.3) is 0 Å². The lowest BCUT2D eigenvalue weighted by atomic mass is 9.80. The minimum absolute atomic E-state index is 0.150. The fourth-order valence-corrected chi connectivity index (χ4v) is 3.45. The summed E-state index contributed by atoms with van der Waals surface area (Å²) in [6.45, 7) is 11.8. The molecule has 1 atom stereocenters. The van der Waals surface area contributed by atoms with E-state index in [0.717, 1.165) is 39.2 Å². The minimum Gasteiger partial charge on any atom is -0.381 e. The molecule has 0 radical (unpaired) electrons. The topological polar surface area (TPSA) is 30.5 Å². The highest BCUT2D eigenvalue weighted by Gasteiger charge is 2.42. The third-order valence-electron chi connectivity index (χ3n) is 4.44. The maximum atomic E-state index is 6.28. The second-order valence-corrected chi connectivity index (χ2v) is 5.96. The molecule has 1 aromatic rings. The molecule has 0 aromatic heterocycles. The van der Waals surface area contributed by atoms with Crippen LogP contribution in [0.25, 0.3) is 0 Å². The van der Waals surface area contributed by atoms with Crippen molar-refractivity contribution in [2.75, 3.05) is 26.4 Å². The summed E-state index contributed by atoms with van der Waals surface area (Å²) in [6.07, 6.45) is 1.90. The van der Waals surface area contributed by atoms with Crippen molar-refractivity contribution in [3.8, 4) is 0 Å². The standard InChI is InChI=1S/C18H29NO2/c1-5-19-17(16-8-7-14(3)13-15(16)4)18(21-6-2)9-11-20-12-10-18/h7-8,13,17,19H,5-6,9-12H2,1-4H3. The maximum Gasteiger partial charge on any atom is 0.0919 e. The van der Waals surface area contributed by atoms with Gasteiger partial charge in [-0.2, -0.15) is 0 Å². The molecule has 0 amide bonds. The lowest BCUT2D eigenvalue weighted by Crippen LogP contribution is -2.50. The van der Waals surface area contributed by atoms with E-state index in [1.165, 1.54) is 16.7 Å². The lowest BCUT2D eigenvalue weighted by Gasteiger charge is -2.44. The summed E-state index contributed by atoms with van der Waals surface area (Å²) in [5.74, 6) is 0. The van der Waals surface area contributed by atoms with Gasteiger partial charge in [0.1, 0.15) is 0 Å². The minimum atomic E-state index is -0.150. The first kappa shape index (κ1) is 16.5. The molecule has 3 heteroatoms. The first-order chi connectivity index (χ1) is 10.1. The van der Waals surface area contributed by atoms with Crippen molar-refractivity contribution in [3.05, 3.63) is 34.9 Å². The molecule has 1 fully saturated rings. The van der Waals surface area contributed by atoms with E-state index in [0.29, 0.717) is 0 Å². The van der Waals surface area contributed by atoms with E-state index in [1.807, 2.05) is 0 Å². The third-order valence-corrected chi connectivity index (χ3v) is 4.44. The number of hydrogen-bond donors (Lipinski definition) is 1. The lowest BCUT2D eigenvalue weighted by molar-refractivity contribution is -0.127. The SMILES string of the molecule is CCNC(c1ccc(C)cc1C)C1(OCC)CCOCC1. The fraction of sp³-hybridized carbons (Fsp3) is 0.667. The van der Waals surface area contributed by atoms with Crippen LogP contribution in [0.1, 0.15) is 49.4 Å². The van der Waals surface area contributed by atoms with E-state index in [-0.39, 0.29) is 11.6 Å². The summed E-state index contributed by atoms with van der Waals surface area (Å²) in [4.78, 5) is 0. The van der Waals surface area contributed by atoms with E-state index in [9.17, 15) is 0 Å². The highest BCUT2D eigenvalue weighted by Crippen LogP contribution is 2.39. The van der Waals surface area contributed by atoms with E-state index in [1.54, 1.807) is 0 Å². The van der Waals surface area contributed by atoms with Crippen LogP contribution in [0.5, 0.6) is 0 Å². The third kappa shape index (κ3) is 3.65. The van der Waals surface area contributed by atoms with Gasteiger partial charge >= 0.3 is 0 Å². The van der Waals surface area contributed by atoms with Crippen LogP contribution in [-0.4, -0.2) is 32.0 Å². The molecule has 2 rings (SSSR count). The van der Waals surface area contributed by atoms with Crippen molar-refractivity contribution >= 4 is 0 Å². The van der Waals surface area contributed by atoms with E-state index < -0.39 is 0 Å². The Balaban J connectivity index is 2.39. The van der Waals surface area contributed by atoms with Crippen molar-refractivity contribution in [3.63, 3.8) is 0 Å². The molecule has 3 nitrogen and oxygen atoms in total. The average Bonchev–Trinajstić information content (AvgIpc) is 2.47. The van der Waals surface area contributed by atoms with Gasteiger partial charge in [-0.3, -0.25) is 0 Å². The zero-order valence-electron chi connectivity index (χ0n) is 13.9. The highest BCUT2D eigenvalue weighted by molar-refractivity contribution is 5.34. The Hall–Kier alpha value is -0.900. The van der Waals surface area contributed by atoms with Crippen LogP contribution >= 0.6 is 0 Å². The second-order valence-electron chi connectivity index (χ2n) is 5.96. The van der Waals surface area contributed by atoms with Crippen molar-refractivity contribution in [1.29, 1.82) is 0 Å². The Morgan fingerprint density at radius 3 is 2.52 bits per heavy atom. The molecule has 1 heterocycles. The van der Waals surface area contributed by atoms with Crippen molar-refractivity contribution in [2.45, 2.75) is 52.2 Å². The van der Waals surface area contributed by atoms with Gasteiger partial charge in [0.2, 0.25) is 0 Å². The van der Waals surface area contributed by atoms with Crippen LogP contribution in [0, 0.1) is 13.8 Å². The normalized spacial score (nSPS) is 19.4. The number of hydrogen-bond acceptors (Lipinski definition) is 3. The predicted molar refractivity (Wildman–Crippen MR) is 86.7 cm³/mol. The number of ether oxygens (including phenoxy) is 2. The van der Waals surface area contributed by atoms with Crippen LogP contribution in [0.2, 0.25) is 0 Å². The summed E-state index contributed by atoms with van der Waals surface area (Å²) in [5, 5.41) is 3.67. The Labute approximate surface area is 129 Å². The van der Waals surface area contributed by atoms with Crippen LogP contribution in [-0.2, 0) is 9.47 Å². The summed E-state index contributed by atoms with van der Waals surface area (Å²) in [5.41, 5.74) is 3.86. The maximum absolute atomic E-state index is 6.28. The Bertz CT molecular complexity index is 447. The van der Waals surface area contributed by atoms with Gasteiger partial charge in [0, 0.05) is 32.7 Å². The Kier molecular flexibility index (Phi) is 5.80. The molecule has 118 valence electrons. The second kappa shape index (κ2) is 7.39. The van der Waals surface area contributed by atoms with Crippen LogP contribution in [0.4, 0.5) is 0 Å². The smallest absolute Gasteiger partial charge is 0.0919 e. The quantitative estimate of drug-likeness (QED) is 0.869. The monoisotopic (exact) mass is 291 g/mol. The molecule has 1 saturated heterocycles. The largest absolute Gasteiger partial charge is 0.381 e. The first-order valence-electron chi connectivity index (χ1n) is 8.15. The number of benzene rings is 1. The van der Waals surface area contributed by atoms with Gasteiger partial charge in [-0.1, -0.05) is 30.7 Å². The van der Waals surface area contributed by atoms with Gasteiger partial charge < -0.3 is 14.8 Å². The van der Waals surface area contributed by atoms with E-state index in [4.69, 9.17) is 9.47 Å². The molecule has 0 saturated carbocycles. The average molecular weight is 291 g/mol. The molecule has 0 aliphatic carbocycles. The van der Waals surface area contributed by atoms with Crippen LogP contribution < -0.4 is 5.32 Å². The van der Waals surface area contributed by atoms with Crippen molar-refractivity contribution in [1.82, 2.24) is 5.32 Å². The molecule has 1 N–H and O–H groups in total. The number of likely N-dealkylation sites (N-methyl/N-ethyl adjacent to an activating group) is 1. The summed E-state index contributed by atoms with van der Waals surface area (Å²) >= 11 is 0. The highest BCUT2D eigenvalue weighted by atomic mass is 16.5. The Morgan fingerprint density at radius 2 is 1.95 bits per heavy atom. The summed E-state index contributed by atoms with van der Waals surface area (Å²) in [6, 6.07) is 6.95. The summed E-state index contributed by atoms with van der Waals surface area (Å²) in [7, 11) is 0. The molecule has 0 spiro atoms. The van der Waals surface area contributed by atoms with Gasteiger partial charge in [0.05, 0.1) is 11.6 Å². The first-order valence-corrected chi connectivity index (χ1v) is 8.15. The molecule has 1 unspecified atom stereocenters. The van der Waals surface area contributed by atoms with Gasteiger partial charge in [-0.05, 0) is 38.4 Å². The van der Waals surface area contributed by atoms with Crippen LogP contribution in [0.15, 0.2) is 18.2 Å². The number of nitrogens with one attached hydrogen (secondary N) is 1. The van der Waals surface area contributed by atoms with Crippen molar-refractivity contribution in [2.24, 2.45) is 0 Å². The zero-order valence-corrected chi connectivity index (χ0v) is 13.9. The predicted octanol–water partition coefficient (Wildman–Crippen LogP) is 3.54. The van der Waals surface area contributed by atoms with Gasteiger partial charge in [0.15, 0.2) is 0 Å². The summed E-state index contributed by atoms with van der Waals surface area (Å²) < 4.78 is 11.9. The molecule has 21 heavy (non-hydrogen) atoms. The van der Waals surface area contributed by atoms with E-state index >= 15 is 0 Å². The fourth-order valence-electron chi connectivity index (χ4n) is 3.45. The van der Waals surface area contributed by atoms with E-state index in [2.05, 4.69) is 51.2 Å².